The molecule has 1 amide bonds. The molecular weight excluding hydrogens is 188 g/mol. The first-order chi connectivity index (χ1) is 7.24. The Morgan fingerprint density at radius 3 is 2.67 bits per heavy atom. The van der Waals surface area contributed by atoms with Crippen LogP contribution >= 0.6 is 0 Å². The van der Waals surface area contributed by atoms with E-state index in [1.165, 1.54) is 32.1 Å². The predicted octanol–water partition coefficient (Wildman–Crippen LogP) is 1.68. The fourth-order valence-corrected chi connectivity index (χ4v) is 2.46. The van der Waals surface area contributed by atoms with E-state index in [0.29, 0.717) is 6.04 Å². The SMILES string of the molecule is CCC1CCCCC1NCCNC(C)=O. The highest BCUT2D eigenvalue weighted by molar-refractivity contribution is 5.72. The van der Waals surface area contributed by atoms with Gasteiger partial charge in [0.2, 0.25) is 5.91 Å². The maximum atomic E-state index is 10.7. The standard InChI is InChI=1S/C12H24N2O/c1-3-11-6-4-5-7-12(11)14-9-8-13-10(2)15/h11-12,14H,3-9H2,1-2H3,(H,13,15). The van der Waals surface area contributed by atoms with Gasteiger partial charge >= 0.3 is 0 Å². The van der Waals surface area contributed by atoms with Gasteiger partial charge in [0.15, 0.2) is 0 Å². The van der Waals surface area contributed by atoms with Crippen molar-refractivity contribution in [2.75, 3.05) is 13.1 Å². The Morgan fingerprint density at radius 2 is 2.00 bits per heavy atom. The number of nitrogens with one attached hydrogen (secondary N) is 2. The van der Waals surface area contributed by atoms with Crippen molar-refractivity contribution in [3.8, 4) is 0 Å². The number of carbonyl (C=O) groups excluding carboxylic acids is 1. The van der Waals surface area contributed by atoms with E-state index in [2.05, 4.69) is 17.6 Å². The molecule has 2 atom stereocenters. The number of hydrogen-bond donors (Lipinski definition) is 2. The molecule has 15 heavy (non-hydrogen) atoms. The Kier molecular flexibility index (Phi) is 5.69. The fourth-order valence-electron chi connectivity index (χ4n) is 2.46. The second-order valence-corrected chi connectivity index (χ2v) is 4.50. The molecule has 88 valence electrons. The average Bonchev–Trinajstić information content (AvgIpc) is 2.24. The van der Waals surface area contributed by atoms with E-state index >= 15 is 0 Å². The van der Waals surface area contributed by atoms with Gasteiger partial charge in [-0.05, 0) is 18.8 Å². The maximum absolute atomic E-state index is 10.7. The lowest BCUT2D eigenvalue weighted by Crippen LogP contribution is -2.42. The van der Waals surface area contributed by atoms with Gasteiger partial charge in [-0.1, -0.05) is 26.2 Å². The van der Waals surface area contributed by atoms with Crippen LogP contribution in [0.2, 0.25) is 0 Å². The van der Waals surface area contributed by atoms with Gasteiger partial charge in [-0.15, -0.1) is 0 Å². The number of rotatable bonds is 5. The molecule has 3 nitrogen and oxygen atoms in total. The van der Waals surface area contributed by atoms with Crippen LogP contribution in [0.3, 0.4) is 0 Å². The smallest absolute Gasteiger partial charge is 0.216 e. The zero-order valence-electron chi connectivity index (χ0n) is 10.0. The molecule has 0 aromatic rings. The quantitative estimate of drug-likeness (QED) is 0.681. The number of hydrogen-bond acceptors (Lipinski definition) is 2. The van der Waals surface area contributed by atoms with E-state index < -0.39 is 0 Å². The summed E-state index contributed by atoms with van der Waals surface area (Å²) in [6.45, 7) is 5.50. The lowest BCUT2D eigenvalue weighted by Gasteiger charge is -2.31. The van der Waals surface area contributed by atoms with Gasteiger partial charge in [0.05, 0.1) is 0 Å². The summed E-state index contributed by atoms with van der Waals surface area (Å²) in [7, 11) is 0. The second-order valence-electron chi connectivity index (χ2n) is 4.50. The number of amides is 1. The van der Waals surface area contributed by atoms with E-state index in [1.54, 1.807) is 6.92 Å². The predicted molar refractivity (Wildman–Crippen MR) is 62.7 cm³/mol. The average molecular weight is 212 g/mol. The minimum Gasteiger partial charge on any atom is -0.355 e. The summed E-state index contributed by atoms with van der Waals surface area (Å²) in [5.41, 5.74) is 0. The largest absolute Gasteiger partial charge is 0.355 e. The third-order valence-electron chi connectivity index (χ3n) is 3.34. The second kappa shape index (κ2) is 6.83. The molecule has 0 aromatic heterocycles. The molecule has 0 aliphatic heterocycles. The topological polar surface area (TPSA) is 41.1 Å². The van der Waals surface area contributed by atoms with Crippen molar-refractivity contribution in [3.63, 3.8) is 0 Å². The highest BCUT2D eigenvalue weighted by Crippen LogP contribution is 2.26. The van der Waals surface area contributed by atoms with E-state index in [-0.39, 0.29) is 5.91 Å². The minimum absolute atomic E-state index is 0.0625. The third-order valence-corrected chi connectivity index (χ3v) is 3.34. The monoisotopic (exact) mass is 212 g/mol. The van der Waals surface area contributed by atoms with E-state index in [0.717, 1.165) is 19.0 Å². The molecule has 0 bridgehead atoms. The molecule has 2 unspecified atom stereocenters. The van der Waals surface area contributed by atoms with Crippen molar-refractivity contribution >= 4 is 5.91 Å². The van der Waals surface area contributed by atoms with Crippen LogP contribution < -0.4 is 10.6 Å². The number of carbonyl (C=O) groups is 1. The summed E-state index contributed by atoms with van der Waals surface area (Å²) < 4.78 is 0. The molecule has 1 aliphatic rings. The van der Waals surface area contributed by atoms with Crippen molar-refractivity contribution in [2.45, 2.75) is 52.0 Å². The Bertz CT molecular complexity index is 194. The van der Waals surface area contributed by atoms with Crippen molar-refractivity contribution in [3.05, 3.63) is 0 Å². The summed E-state index contributed by atoms with van der Waals surface area (Å²) in [5, 5.41) is 6.38. The van der Waals surface area contributed by atoms with Crippen LogP contribution in [-0.4, -0.2) is 25.0 Å². The van der Waals surface area contributed by atoms with Crippen LogP contribution in [-0.2, 0) is 4.79 Å². The van der Waals surface area contributed by atoms with Crippen molar-refractivity contribution in [1.29, 1.82) is 0 Å². The first-order valence-corrected chi connectivity index (χ1v) is 6.22. The zero-order chi connectivity index (χ0) is 11.1. The highest BCUT2D eigenvalue weighted by atomic mass is 16.1. The molecule has 1 fully saturated rings. The van der Waals surface area contributed by atoms with Crippen LogP contribution in [0.1, 0.15) is 46.0 Å². The van der Waals surface area contributed by atoms with Gasteiger partial charge in [0.25, 0.3) is 0 Å². The van der Waals surface area contributed by atoms with Crippen LogP contribution in [0.5, 0.6) is 0 Å². The molecule has 1 aliphatic carbocycles. The van der Waals surface area contributed by atoms with Gasteiger partial charge in [0.1, 0.15) is 0 Å². The Balaban J connectivity index is 2.15. The van der Waals surface area contributed by atoms with Crippen LogP contribution in [0.15, 0.2) is 0 Å². The molecule has 0 radical (unpaired) electrons. The molecule has 0 saturated heterocycles. The first kappa shape index (κ1) is 12.5. The molecule has 0 spiro atoms. The summed E-state index contributed by atoms with van der Waals surface area (Å²) in [6.07, 6.45) is 6.70. The first-order valence-electron chi connectivity index (χ1n) is 6.22. The molecule has 2 N–H and O–H groups in total. The van der Waals surface area contributed by atoms with Gasteiger partial charge in [-0.2, -0.15) is 0 Å². The van der Waals surface area contributed by atoms with Crippen LogP contribution in [0, 0.1) is 5.92 Å². The Morgan fingerprint density at radius 1 is 1.27 bits per heavy atom. The van der Waals surface area contributed by atoms with Crippen molar-refractivity contribution < 1.29 is 4.79 Å². The normalized spacial score (nSPS) is 26.3. The lowest BCUT2D eigenvalue weighted by molar-refractivity contribution is -0.118. The molecule has 3 heteroatoms. The molecule has 0 aromatic carbocycles. The fraction of sp³-hybridized carbons (Fsp3) is 0.917. The van der Waals surface area contributed by atoms with Gasteiger partial charge in [-0.25, -0.2) is 0 Å². The lowest BCUT2D eigenvalue weighted by atomic mass is 9.83. The molecule has 1 rings (SSSR count). The molecule has 0 heterocycles. The Hall–Kier alpha value is -0.570. The molecular formula is C12H24N2O. The van der Waals surface area contributed by atoms with E-state index in [1.807, 2.05) is 0 Å². The van der Waals surface area contributed by atoms with Crippen molar-refractivity contribution in [2.24, 2.45) is 5.92 Å². The molecule has 1 saturated carbocycles. The van der Waals surface area contributed by atoms with Crippen molar-refractivity contribution in [1.82, 2.24) is 10.6 Å². The summed E-state index contributed by atoms with van der Waals surface area (Å²) in [4.78, 5) is 10.7. The summed E-state index contributed by atoms with van der Waals surface area (Å²) in [5.74, 6) is 0.906. The Labute approximate surface area is 93.0 Å². The van der Waals surface area contributed by atoms with Gasteiger partial charge < -0.3 is 10.6 Å². The van der Waals surface area contributed by atoms with Gasteiger partial charge in [-0.3, -0.25) is 4.79 Å². The highest BCUT2D eigenvalue weighted by Gasteiger charge is 2.22. The third kappa shape index (κ3) is 4.65. The van der Waals surface area contributed by atoms with Crippen LogP contribution in [0.25, 0.3) is 0 Å². The van der Waals surface area contributed by atoms with E-state index in [9.17, 15) is 4.79 Å². The summed E-state index contributed by atoms with van der Waals surface area (Å²) in [6, 6.07) is 0.678. The maximum Gasteiger partial charge on any atom is 0.216 e. The zero-order valence-corrected chi connectivity index (χ0v) is 10.0. The van der Waals surface area contributed by atoms with Crippen LogP contribution in [0.4, 0.5) is 0 Å². The van der Waals surface area contributed by atoms with E-state index in [4.69, 9.17) is 0 Å². The summed E-state index contributed by atoms with van der Waals surface area (Å²) >= 11 is 0. The van der Waals surface area contributed by atoms with Gasteiger partial charge in [0, 0.05) is 26.1 Å². The minimum atomic E-state index is 0.0625.